The van der Waals surface area contributed by atoms with Crippen molar-refractivity contribution in [2.45, 2.75) is 45.4 Å². The van der Waals surface area contributed by atoms with Crippen molar-refractivity contribution in [3.05, 3.63) is 48.1 Å². The monoisotopic (exact) mass is 408 g/mol. The van der Waals surface area contributed by atoms with Crippen molar-refractivity contribution in [3.63, 3.8) is 0 Å². The molecule has 2 aliphatic rings. The third-order valence-corrected chi connectivity index (χ3v) is 5.84. The fourth-order valence-electron chi connectivity index (χ4n) is 4.19. The lowest BCUT2D eigenvalue weighted by atomic mass is 9.92. The van der Waals surface area contributed by atoms with Crippen LogP contribution in [0.3, 0.4) is 0 Å². The second kappa shape index (κ2) is 7.60. The summed E-state index contributed by atoms with van der Waals surface area (Å²) in [6.45, 7) is 5.33. The van der Waals surface area contributed by atoms with E-state index in [2.05, 4.69) is 17.2 Å². The van der Waals surface area contributed by atoms with Gasteiger partial charge >= 0.3 is 0 Å². The highest BCUT2D eigenvalue weighted by Gasteiger charge is 2.30. The summed E-state index contributed by atoms with van der Waals surface area (Å²) in [5, 5.41) is 8.27. The number of carbonyl (C=O) groups excluding carboxylic acids is 1. The first-order chi connectivity index (χ1) is 14.6. The van der Waals surface area contributed by atoms with Crippen LogP contribution in [-0.2, 0) is 22.6 Å². The topological polar surface area (TPSA) is 82.6 Å². The summed E-state index contributed by atoms with van der Waals surface area (Å²) < 4.78 is 18.7. The molecule has 0 radical (unpaired) electrons. The number of amides is 1. The molecule has 156 valence electrons. The Morgan fingerprint density at radius 1 is 1.30 bits per heavy atom. The van der Waals surface area contributed by atoms with Gasteiger partial charge in [0.2, 0.25) is 5.91 Å². The molecule has 0 aliphatic carbocycles. The summed E-state index contributed by atoms with van der Waals surface area (Å²) in [4.78, 5) is 14.2. The Bertz CT molecular complexity index is 1060. The predicted octanol–water partition coefficient (Wildman–Crippen LogP) is 3.38. The molecule has 1 aromatic carbocycles. The van der Waals surface area contributed by atoms with Gasteiger partial charge in [-0.3, -0.25) is 9.48 Å². The Morgan fingerprint density at radius 2 is 2.17 bits per heavy atom. The summed E-state index contributed by atoms with van der Waals surface area (Å²) in [5.74, 6) is 1.45. The maximum Gasteiger partial charge on any atom is 0.224 e. The summed E-state index contributed by atoms with van der Waals surface area (Å²) in [7, 11) is 0. The van der Waals surface area contributed by atoms with E-state index in [1.165, 1.54) is 0 Å². The average molecular weight is 408 g/mol. The molecule has 30 heavy (non-hydrogen) atoms. The van der Waals surface area contributed by atoms with E-state index in [0.29, 0.717) is 19.0 Å². The van der Waals surface area contributed by atoms with E-state index in [0.717, 1.165) is 41.0 Å². The molecular formula is C22H24N4O4. The van der Waals surface area contributed by atoms with Crippen LogP contribution in [0.4, 0.5) is 5.69 Å². The number of carbonyl (C=O) groups is 1. The van der Waals surface area contributed by atoms with Crippen LogP contribution in [0.25, 0.3) is 11.1 Å². The van der Waals surface area contributed by atoms with E-state index in [1.807, 2.05) is 34.1 Å². The number of hydrogen-bond acceptors (Lipinski definition) is 6. The van der Waals surface area contributed by atoms with Crippen molar-refractivity contribution in [2.75, 3.05) is 18.1 Å². The Balaban J connectivity index is 1.57. The Morgan fingerprint density at radius 3 is 2.87 bits per heavy atom. The van der Waals surface area contributed by atoms with Crippen LogP contribution < -0.4 is 9.64 Å². The highest BCUT2D eigenvalue weighted by Crippen LogP contribution is 2.43. The minimum Gasteiger partial charge on any atom is -0.485 e. The summed E-state index contributed by atoms with van der Waals surface area (Å²) >= 11 is 0. The number of benzene rings is 1. The third-order valence-electron chi connectivity index (χ3n) is 5.84. The zero-order chi connectivity index (χ0) is 20.7. The molecule has 0 N–H and O–H groups in total. The molecule has 1 unspecified atom stereocenters. The molecule has 1 amide bonds. The lowest BCUT2D eigenvalue weighted by molar-refractivity contribution is -0.117. The molecule has 2 aliphatic heterocycles. The normalized spacial score (nSPS) is 18.7. The molecule has 3 aromatic rings. The van der Waals surface area contributed by atoms with Crippen molar-refractivity contribution in [2.24, 2.45) is 0 Å². The summed E-state index contributed by atoms with van der Waals surface area (Å²) in [6.07, 6.45) is 7.21. The molecule has 0 spiro atoms. The molecule has 1 saturated heterocycles. The number of rotatable bonds is 5. The zero-order valence-corrected chi connectivity index (χ0v) is 17.1. The predicted molar refractivity (Wildman–Crippen MR) is 109 cm³/mol. The molecule has 8 nitrogen and oxygen atoms in total. The van der Waals surface area contributed by atoms with Crippen molar-refractivity contribution < 1.29 is 18.8 Å². The van der Waals surface area contributed by atoms with Crippen LogP contribution in [-0.4, -0.2) is 40.1 Å². The summed E-state index contributed by atoms with van der Waals surface area (Å²) in [6, 6.07) is 6.26. The van der Waals surface area contributed by atoms with Crippen molar-refractivity contribution in [1.82, 2.24) is 14.9 Å². The fourth-order valence-corrected chi connectivity index (χ4v) is 4.19. The van der Waals surface area contributed by atoms with Gasteiger partial charge in [0.25, 0.3) is 0 Å². The standard InChI is InChI=1S/C22H24N4O4/c1-14-3-4-20-21(26(14)15(2)27)6-5-19(22(20)29-13-18-7-8-24-30-18)16-9-23-25(10-16)17-11-28-12-17/h5-10,14,17H,3-4,11-13H2,1-2H3. The first-order valence-electron chi connectivity index (χ1n) is 10.2. The van der Waals surface area contributed by atoms with Crippen LogP contribution in [0.1, 0.15) is 37.6 Å². The minimum atomic E-state index is 0.0372. The van der Waals surface area contributed by atoms with Gasteiger partial charge in [0.05, 0.1) is 37.3 Å². The molecular weight excluding hydrogens is 384 g/mol. The highest BCUT2D eigenvalue weighted by molar-refractivity contribution is 5.95. The lowest BCUT2D eigenvalue weighted by Gasteiger charge is -2.36. The Hall–Kier alpha value is -3.13. The van der Waals surface area contributed by atoms with E-state index < -0.39 is 0 Å². The Labute approximate surface area is 174 Å². The van der Waals surface area contributed by atoms with Gasteiger partial charge in [0.1, 0.15) is 12.4 Å². The van der Waals surface area contributed by atoms with Gasteiger partial charge in [0.15, 0.2) is 5.76 Å². The van der Waals surface area contributed by atoms with Gasteiger partial charge in [-0.1, -0.05) is 5.16 Å². The number of ether oxygens (including phenoxy) is 2. The first-order valence-corrected chi connectivity index (χ1v) is 10.2. The molecule has 4 heterocycles. The van der Waals surface area contributed by atoms with Crippen molar-refractivity contribution in [1.29, 1.82) is 0 Å². The molecule has 0 saturated carbocycles. The van der Waals surface area contributed by atoms with Crippen LogP contribution in [0.2, 0.25) is 0 Å². The number of hydrogen-bond donors (Lipinski definition) is 0. The van der Waals surface area contributed by atoms with Gasteiger partial charge in [-0.25, -0.2) is 0 Å². The largest absolute Gasteiger partial charge is 0.485 e. The lowest BCUT2D eigenvalue weighted by Crippen LogP contribution is -2.40. The maximum atomic E-state index is 12.3. The van der Waals surface area contributed by atoms with E-state index in [1.54, 1.807) is 19.2 Å². The van der Waals surface area contributed by atoms with Gasteiger partial charge < -0.3 is 18.9 Å². The van der Waals surface area contributed by atoms with E-state index in [9.17, 15) is 4.79 Å². The van der Waals surface area contributed by atoms with Gasteiger partial charge in [-0.05, 0) is 31.9 Å². The second-order valence-corrected chi connectivity index (χ2v) is 7.88. The van der Waals surface area contributed by atoms with Gasteiger partial charge in [-0.2, -0.15) is 5.10 Å². The number of aromatic nitrogens is 3. The zero-order valence-electron chi connectivity index (χ0n) is 17.1. The van der Waals surface area contributed by atoms with Crippen LogP contribution in [0, 0.1) is 0 Å². The number of anilines is 1. The number of fused-ring (bicyclic) bond motifs is 1. The van der Waals surface area contributed by atoms with Crippen LogP contribution in [0.15, 0.2) is 41.3 Å². The smallest absolute Gasteiger partial charge is 0.224 e. The molecule has 1 fully saturated rings. The van der Waals surface area contributed by atoms with Gasteiger partial charge in [0, 0.05) is 41.9 Å². The molecule has 2 aromatic heterocycles. The third kappa shape index (κ3) is 3.27. The fraction of sp³-hybridized carbons (Fsp3) is 0.409. The molecule has 0 bridgehead atoms. The minimum absolute atomic E-state index is 0.0372. The van der Waals surface area contributed by atoms with E-state index >= 15 is 0 Å². The quantitative estimate of drug-likeness (QED) is 0.644. The molecule has 5 rings (SSSR count). The first kappa shape index (κ1) is 18.9. The molecule has 8 heteroatoms. The van der Waals surface area contributed by atoms with E-state index in [-0.39, 0.29) is 24.6 Å². The second-order valence-electron chi connectivity index (χ2n) is 7.88. The van der Waals surface area contributed by atoms with Crippen LogP contribution >= 0.6 is 0 Å². The maximum absolute atomic E-state index is 12.3. The number of nitrogens with zero attached hydrogens (tertiary/aromatic N) is 4. The van der Waals surface area contributed by atoms with Crippen molar-refractivity contribution >= 4 is 11.6 Å². The van der Waals surface area contributed by atoms with Gasteiger partial charge in [-0.15, -0.1) is 0 Å². The summed E-state index contributed by atoms with van der Waals surface area (Å²) in [5.41, 5.74) is 3.89. The Kier molecular flexibility index (Phi) is 4.78. The van der Waals surface area contributed by atoms with E-state index in [4.69, 9.17) is 14.0 Å². The average Bonchev–Trinajstić information content (AvgIpc) is 3.36. The SMILES string of the molecule is CC(=O)N1c2ccc(-c3cnn(C4COC4)c3)c(OCc3ccno3)c2CCC1C. The molecule has 1 atom stereocenters. The van der Waals surface area contributed by atoms with Crippen molar-refractivity contribution in [3.8, 4) is 16.9 Å². The van der Waals surface area contributed by atoms with Crippen LogP contribution in [0.5, 0.6) is 5.75 Å². The highest BCUT2D eigenvalue weighted by atomic mass is 16.5.